The molecule has 0 aliphatic rings. The van der Waals surface area contributed by atoms with Crippen LogP contribution < -0.4 is 10.6 Å². The van der Waals surface area contributed by atoms with Gasteiger partial charge >= 0.3 is 0 Å². The van der Waals surface area contributed by atoms with Gasteiger partial charge in [-0.3, -0.25) is 9.79 Å². The number of carbonyl (C=O) groups excluding carboxylic acids is 1. The summed E-state index contributed by atoms with van der Waals surface area (Å²) in [7, 11) is 7.61. The van der Waals surface area contributed by atoms with Gasteiger partial charge in [-0.2, -0.15) is 0 Å². The van der Waals surface area contributed by atoms with E-state index in [9.17, 15) is 4.79 Å². The first-order valence-corrected chi connectivity index (χ1v) is 9.52. The van der Waals surface area contributed by atoms with Crippen LogP contribution in [0.1, 0.15) is 31.2 Å². The maximum absolute atomic E-state index is 11.9. The lowest BCUT2D eigenvalue weighted by atomic mass is 10.2. The average molecular weight is 374 g/mol. The third kappa shape index (κ3) is 9.80. The van der Waals surface area contributed by atoms with Crippen LogP contribution in [0.25, 0.3) is 0 Å². The fraction of sp³-hybridized carbons (Fsp3) is 0.524. The van der Waals surface area contributed by atoms with Crippen LogP contribution in [0.15, 0.2) is 41.9 Å². The van der Waals surface area contributed by atoms with Crippen LogP contribution in [0, 0.1) is 0 Å². The van der Waals surface area contributed by atoms with Crippen molar-refractivity contribution in [1.82, 2.24) is 15.1 Å². The summed E-state index contributed by atoms with van der Waals surface area (Å²) in [5.74, 6) is 0.859. The molecule has 0 fully saturated rings. The first kappa shape index (κ1) is 22.7. The number of nitrogens with zero attached hydrogens (tertiary/aromatic N) is 3. The van der Waals surface area contributed by atoms with Crippen LogP contribution in [-0.4, -0.2) is 62.9 Å². The third-order valence-electron chi connectivity index (χ3n) is 4.10. The number of benzene rings is 1. The van der Waals surface area contributed by atoms with E-state index in [1.165, 1.54) is 12.8 Å². The van der Waals surface area contributed by atoms with Crippen LogP contribution >= 0.6 is 0 Å². The summed E-state index contributed by atoms with van der Waals surface area (Å²) in [6.45, 7) is 5.75. The number of guanidine groups is 1. The van der Waals surface area contributed by atoms with E-state index < -0.39 is 0 Å². The Morgan fingerprint density at radius 2 is 2.00 bits per heavy atom. The summed E-state index contributed by atoms with van der Waals surface area (Å²) in [5, 5.41) is 6.32. The van der Waals surface area contributed by atoms with E-state index in [0.29, 0.717) is 13.1 Å². The number of hydrogen-bond acceptors (Lipinski definition) is 3. The molecule has 150 valence electrons. The third-order valence-corrected chi connectivity index (χ3v) is 4.10. The number of anilines is 1. The minimum absolute atomic E-state index is 0.0166. The highest BCUT2D eigenvalue weighted by atomic mass is 16.2. The van der Waals surface area contributed by atoms with Gasteiger partial charge in [-0.05, 0) is 51.1 Å². The molecule has 6 nitrogen and oxygen atoms in total. The number of allylic oxidation sites excluding steroid dienone is 1. The zero-order valence-corrected chi connectivity index (χ0v) is 17.3. The highest BCUT2D eigenvalue weighted by Crippen LogP contribution is 2.11. The normalized spacial score (nSPS) is 11.4. The molecule has 27 heavy (non-hydrogen) atoms. The molecule has 0 radical (unpaired) electrons. The number of unbranched alkanes of at least 4 members (excludes halogenated alkanes) is 3. The Hall–Kier alpha value is -2.34. The van der Waals surface area contributed by atoms with Crippen molar-refractivity contribution in [3.05, 3.63) is 42.5 Å². The Balaban J connectivity index is 2.49. The van der Waals surface area contributed by atoms with Crippen LogP contribution in [0.5, 0.6) is 0 Å². The zero-order chi connectivity index (χ0) is 20.1. The van der Waals surface area contributed by atoms with E-state index in [2.05, 4.69) is 34.2 Å². The number of aliphatic imine (C=N–C) groups is 1. The molecule has 1 aromatic carbocycles. The Bertz CT molecular complexity index is 612. The predicted octanol–water partition coefficient (Wildman–Crippen LogP) is 2.94. The van der Waals surface area contributed by atoms with E-state index in [-0.39, 0.29) is 5.91 Å². The van der Waals surface area contributed by atoms with Gasteiger partial charge in [-0.1, -0.05) is 24.6 Å². The summed E-state index contributed by atoms with van der Waals surface area (Å²) in [6, 6.07) is 7.88. The number of likely N-dealkylation sites (N-methyl/N-ethyl adjacent to an activating group) is 1. The molecule has 1 amide bonds. The quantitative estimate of drug-likeness (QED) is 0.271. The van der Waals surface area contributed by atoms with Gasteiger partial charge in [0.05, 0.1) is 6.54 Å². The summed E-state index contributed by atoms with van der Waals surface area (Å²) in [6.07, 6.45) is 6.58. The number of carbonyl (C=O) groups is 1. The molecule has 0 aromatic heterocycles. The lowest BCUT2D eigenvalue weighted by Gasteiger charge is -2.22. The van der Waals surface area contributed by atoms with Gasteiger partial charge in [-0.25, -0.2) is 0 Å². The molecule has 1 aromatic rings. The molecular formula is C21H35N5O. The van der Waals surface area contributed by atoms with Crippen LogP contribution in [0.3, 0.4) is 0 Å². The molecule has 0 saturated heterocycles. The molecule has 0 spiro atoms. The molecular weight excluding hydrogens is 338 g/mol. The van der Waals surface area contributed by atoms with Crippen molar-refractivity contribution in [1.29, 1.82) is 0 Å². The Labute approximate surface area is 164 Å². The van der Waals surface area contributed by atoms with E-state index in [4.69, 9.17) is 0 Å². The van der Waals surface area contributed by atoms with Crippen molar-refractivity contribution in [2.75, 3.05) is 46.6 Å². The largest absolute Gasteiger partial charge is 0.352 e. The number of nitrogens with one attached hydrogen (secondary N) is 2. The minimum atomic E-state index is -0.0166. The van der Waals surface area contributed by atoms with Gasteiger partial charge < -0.3 is 20.4 Å². The van der Waals surface area contributed by atoms with Gasteiger partial charge in [0.15, 0.2) is 5.96 Å². The van der Waals surface area contributed by atoms with Crippen molar-refractivity contribution < 1.29 is 4.79 Å². The monoisotopic (exact) mass is 373 g/mol. The summed E-state index contributed by atoms with van der Waals surface area (Å²) in [5.41, 5.74) is 1.91. The van der Waals surface area contributed by atoms with Crippen LogP contribution in [0.2, 0.25) is 0 Å². The number of amides is 1. The Kier molecular flexibility index (Phi) is 10.9. The maximum Gasteiger partial charge on any atom is 0.238 e. The van der Waals surface area contributed by atoms with Gasteiger partial charge in [-0.15, -0.1) is 6.58 Å². The van der Waals surface area contributed by atoms with E-state index in [1.807, 2.05) is 49.3 Å². The summed E-state index contributed by atoms with van der Waals surface area (Å²) >= 11 is 0. The molecule has 0 saturated carbocycles. The fourth-order valence-electron chi connectivity index (χ4n) is 2.73. The highest BCUT2D eigenvalue weighted by Gasteiger charge is 2.07. The van der Waals surface area contributed by atoms with Crippen molar-refractivity contribution in [2.45, 2.75) is 32.2 Å². The van der Waals surface area contributed by atoms with Crippen LogP contribution in [0.4, 0.5) is 5.69 Å². The SMILES string of the molecule is C=CCCCCCN(C)C(=NC)NCc1cccc(NC(=O)CN(C)C)c1. The highest BCUT2D eigenvalue weighted by molar-refractivity contribution is 5.92. The van der Waals surface area contributed by atoms with Crippen LogP contribution in [-0.2, 0) is 11.3 Å². The van der Waals surface area contributed by atoms with E-state index in [0.717, 1.165) is 36.6 Å². The number of rotatable bonds is 11. The van der Waals surface area contributed by atoms with Gasteiger partial charge in [0.1, 0.15) is 0 Å². The molecule has 0 aliphatic carbocycles. The van der Waals surface area contributed by atoms with Gasteiger partial charge in [0.25, 0.3) is 0 Å². The minimum Gasteiger partial charge on any atom is -0.352 e. The second-order valence-electron chi connectivity index (χ2n) is 6.95. The lowest BCUT2D eigenvalue weighted by molar-refractivity contribution is -0.116. The maximum atomic E-state index is 11.9. The standard InChI is InChI=1S/C21H35N5O/c1-6-7-8-9-10-14-26(5)21(22-2)23-16-18-12-11-13-19(15-18)24-20(27)17-25(3)4/h6,11-13,15H,1,7-10,14,16-17H2,2-5H3,(H,22,23)(H,24,27). The zero-order valence-electron chi connectivity index (χ0n) is 17.3. The smallest absolute Gasteiger partial charge is 0.238 e. The Morgan fingerprint density at radius 3 is 2.67 bits per heavy atom. The molecule has 0 atom stereocenters. The molecule has 0 aliphatic heterocycles. The van der Waals surface area contributed by atoms with Crippen molar-refractivity contribution in [3.8, 4) is 0 Å². The first-order valence-electron chi connectivity index (χ1n) is 9.52. The number of hydrogen-bond donors (Lipinski definition) is 2. The predicted molar refractivity (Wildman–Crippen MR) is 115 cm³/mol. The molecule has 0 bridgehead atoms. The second-order valence-corrected chi connectivity index (χ2v) is 6.95. The first-order chi connectivity index (χ1) is 13.0. The topological polar surface area (TPSA) is 60.0 Å². The Morgan fingerprint density at radius 1 is 1.22 bits per heavy atom. The molecule has 0 unspecified atom stereocenters. The summed E-state index contributed by atoms with van der Waals surface area (Å²) in [4.78, 5) is 20.3. The van der Waals surface area contributed by atoms with Crippen molar-refractivity contribution >= 4 is 17.6 Å². The average Bonchev–Trinajstić information content (AvgIpc) is 2.61. The van der Waals surface area contributed by atoms with E-state index in [1.54, 1.807) is 7.05 Å². The van der Waals surface area contributed by atoms with Gasteiger partial charge in [0.2, 0.25) is 5.91 Å². The van der Waals surface area contributed by atoms with Gasteiger partial charge in [0, 0.05) is 32.9 Å². The lowest BCUT2D eigenvalue weighted by Crippen LogP contribution is -2.39. The van der Waals surface area contributed by atoms with Crippen molar-refractivity contribution in [3.63, 3.8) is 0 Å². The molecule has 2 N–H and O–H groups in total. The second kappa shape index (κ2) is 12.9. The molecule has 1 rings (SSSR count). The molecule has 0 heterocycles. The molecule has 6 heteroatoms. The summed E-state index contributed by atoms with van der Waals surface area (Å²) < 4.78 is 0. The fourth-order valence-corrected chi connectivity index (χ4v) is 2.73. The van der Waals surface area contributed by atoms with Crippen molar-refractivity contribution in [2.24, 2.45) is 4.99 Å². The van der Waals surface area contributed by atoms with E-state index >= 15 is 0 Å².